The fourth-order valence-electron chi connectivity index (χ4n) is 2.06. The third kappa shape index (κ3) is 6.09. The number of carbonyl (C=O) groups is 1. The van der Waals surface area contributed by atoms with E-state index in [9.17, 15) is 13.6 Å². The molecule has 2 heterocycles. The molecule has 0 amide bonds. The Morgan fingerprint density at radius 2 is 1.96 bits per heavy atom. The lowest BCUT2D eigenvalue weighted by Crippen LogP contribution is -2.56. The molecule has 0 aromatic carbocycles. The normalized spacial score (nSPS) is 18.5. The number of hydrogen-bond donors (Lipinski definition) is 1. The topological polar surface area (TPSA) is 76.8 Å². The molecule has 0 unspecified atom stereocenters. The maximum Gasteiger partial charge on any atom is 0.354 e. The van der Waals surface area contributed by atoms with Crippen molar-refractivity contribution in [3.8, 4) is 5.88 Å². The Hall–Kier alpha value is -1.96. The van der Waals surface area contributed by atoms with Crippen molar-refractivity contribution in [1.29, 1.82) is 0 Å². The first kappa shape index (κ1) is 20.4. The quantitative estimate of drug-likeness (QED) is 0.853. The maximum atomic E-state index is 12.9. The van der Waals surface area contributed by atoms with Crippen molar-refractivity contribution >= 4 is 11.7 Å². The smallest absolute Gasteiger partial charge is 0.354 e. The van der Waals surface area contributed by atoms with E-state index in [0.717, 1.165) is 12.8 Å². The number of carboxylic acids is 1. The van der Waals surface area contributed by atoms with E-state index in [4.69, 9.17) is 9.84 Å². The summed E-state index contributed by atoms with van der Waals surface area (Å²) in [6.45, 7) is 5.90. The molecule has 3 rings (SSSR count). The second-order valence-electron chi connectivity index (χ2n) is 7.69. The first-order valence-corrected chi connectivity index (χ1v) is 8.62. The molecule has 146 valence electrons. The van der Waals surface area contributed by atoms with Crippen LogP contribution in [-0.4, -0.2) is 54.3 Å². The molecule has 1 aromatic heterocycles. The molecular formula is C18H26F2N3O3-. The second kappa shape index (κ2) is 7.73. The van der Waals surface area contributed by atoms with E-state index in [1.165, 1.54) is 17.0 Å². The van der Waals surface area contributed by atoms with E-state index < -0.39 is 11.9 Å². The van der Waals surface area contributed by atoms with E-state index in [1.807, 2.05) is 7.05 Å². The van der Waals surface area contributed by atoms with Crippen LogP contribution in [0.15, 0.2) is 12.1 Å². The summed E-state index contributed by atoms with van der Waals surface area (Å²) in [4.78, 5) is 16.3. The van der Waals surface area contributed by atoms with Crippen molar-refractivity contribution < 1.29 is 23.4 Å². The molecule has 0 bridgehead atoms. The Bertz CT molecular complexity index is 635. The van der Waals surface area contributed by atoms with E-state index in [1.54, 1.807) is 0 Å². The number of aromatic nitrogens is 1. The molecule has 2 fully saturated rings. The Morgan fingerprint density at radius 3 is 2.38 bits per heavy atom. The van der Waals surface area contributed by atoms with Gasteiger partial charge in [0, 0.05) is 0 Å². The van der Waals surface area contributed by atoms with Crippen molar-refractivity contribution in [3.05, 3.63) is 23.1 Å². The summed E-state index contributed by atoms with van der Waals surface area (Å²) in [5, 5.41) is 13.0. The highest BCUT2D eigenvalue weighted by Gasteiger charge is 2.45. The molecule has 1 aromatic rings. The predicted molar refractivity (Wildman–Crippen MR) is 95.6 cm³/mol. The second-order valence-corrected chi connectivity index (χ2v) is 7.69. The molecular weight excluding hydrogens is 344 g/mol. The summed E-state index contributed by atoms with van der Waals surface area (Å²) in [5.74, 6) is -3.26. The zero-order chi connectivity index (χ0) is 19.5. The van der Waals surface area contributed by atoms with E-state index in [0.29, 0.717) is 18.2 Å². The van der Waals surface area contributed by atoms with Gasteiger partial charge >= 0.3 is 5.97 Å². The highest BCUT2D eigenvalue weighted by molar-refractivity contribution is 5.86. The Balaban J connectivity index is 0.000000352. The first-order valence-electron chi connectivity index (χ1n) is 8.62. The molecule has 1 N–H and O–H groups in total. The van der Waals surface area contributed by atoms with Crippen molar-refractivity contribution in [1.82, 2.24) is 4.98 Å². The van der Waals surface area contributed by atoms with Gasteiger partial charge in [-0.3, -0.25) is 0 Å². The molecule has 1 saturated heterocycles. The fraction of sp³-hybridized carbons (Fsp3) is 0.667. The van der Waals surface area contributed by atoms with Gasteiger partial charge in [0.15, 0.2) is 5.69 Å². The van der Waals surface area contributed by atoms with Gasteiger partial charge in [-0.1, -0.05) is 20.8 Å². The number of ether oxygens (including phenoxy) is 1. The largest absolute Gasteiger partial charge is 0.660 e. The van der Waals surface area contributed by atoms with Gasteiger partial charge in [0.1, 0.15) is 5.69 Å². The molecule has 0 radical (unpaired) electrons. The summed E-state index contributed by atoms with van der Waals surface area (Å²) in [6.07, 6.45) is 2.16. The Labute approximate surface area is 152 Å². The van der Waals surface area contributed by atoms with Gasteiger partial charge < -0.3 is 20.1 Å². The number of pyridine rings is 1. The third-order valence-corrected chi connectivity index (χ3v) is 4.07. The van der Waals surface area contributed by atoms with Crippen molar-refractivity contribution in [2.75, 3.05) is 31.6 Å². The average Bonchev–Trinajstić information content (AvgIpc) is 3.34. The highest BCUT2D eigenvalue weighted by Crippen LogP contribution is 2.37. The maximum absolute atomic E-state index is 12.9. The van der Waals surface area contributed by atoms with Crippen LogP contribution in [0.4, 0.5) is 14.5 Å². The molecule has 1 aliphatic carbocycles. The first-order chi connectivity index (χ1) is 12.0. The van der Waals surface area contributed by atoms with E-state index in [2.05, 4.69) is 31.1 Å². The highest BCUT2D eigenvalue weighted by atomic mass is 19.3. The van der Waals surface area contributed by atoms with Crippen molar-refractivity contribution in [2.24, 2.45) is 5.92 Å². The lowest BCUT2D eigenvalue weighted by molar-refractivity contribution is -0.0265. The summed E-state index contributed by atoms with van der Waals surface area (Å²) < 4.78 is 31.4. The van der Waals surface area contributed by atoms with E-state index >= 15 is 0 Å². The Morgan fingerprint density at radius 1 is 1.38 bits per heavy atom. The van der Waals surface area contributed by atoms with Crippen LogP contribution in [0, 0.1) is 5.92 Å². The number of nitrogens with zero attached hydrogens (tertiary/aromatic N) is 3. The fourth-order valence-corrected chi connectivity index (χ4v) is 2.06. The van der Waals surface area contributed by atoms with Crippen LogP contribution in [0.5, 0.6) is 5.88 Å². The molecule has 8 heteroatoms. The number of alkyl halides is 2. The monoisotopic (exact) mass is 370 g/mol. The summed E-state index contributed by atoms with van der Waals surface area (Å²) >= 11 is 0. The molecule has 0 atom stereocenters. The molecule has 26 heavy (non-hydrogen) atoms. The molecule has 6 nitrogen and oxygen atoms in total. The minimum atomic E-state index is -2.70. The van der Waals surface area contributed by atoms with Gasteiger partial charge in [0.25, 0.3) is 5.92 Å². The van der Waals surface area contributed by atoms with Crippen LogP contribution < -0.4 is 9.64 Å². The standard InChI is InChI=1S/C13H14F2N2O3.C5H12N/c14-13(15)6-17(7-13)10-4-3-9(12(18)19)16-11(10)20-5-8-1-2-8;1-5(2,3)6-4/h3-4,8H,1-2,5-7H2,(H,18,19);1-4H3/q;-1. The lowest BCUT2D eigenvalue weighted by Gasteiger charge is -2.40. The van der Waals surface area contributed by atoms with Gasteiger partial charge in [0.05, 0.1) is 19.7 Å². The van der Waals surface area contributed by atoms with Crippen LogP contribution in [0.25, 0.3) is 5.32 Å². The Kier molecular flexibility index (Phi) is 6.05. The minimum Gasteiger partial charge on any atom is -0.660 e. The lowest BCUT2D eigenvalue weighted by atomic mass is 10.1. The van der Waals surface area contributed by atoms with Gasteiger partial charge in [-0.2, -0.15) is 7.05 Å². The van der Waals surface area contributed by atoms with Crippen LogP contribution in [0.1, 0.15) is 44.1 Å². The van der Waals surface area contributed by atoms with E-state index in [-0.39, 0.29) is 30.2 Å². The number of carboxylic acid groups (broad SMARTS) is 1. The summed E-state index contributed by atoms with van der Waals surface area (Å²) in [5.41, 5.74) is 0.452. The third-order valence-electron chi connectivity index (χ3n) is 4.07. The van der Waals surface area contributed by atoms with Crippen LogP contribution in [-0.2, 0) is 0 Å². The van der Waals surface area contributed by atoms with Gasteiger partial charge in [0.2, 0.25) is 5.88 Å². The SMILES string of the molecule is C[N-]C(C)(C)C.O=C(O)c1ccc(N2CC(F)(F)C2)c(OCC2CC2)n1. The van der Waals surface area contributed by atoms with Crippen LogP contribution in [0.2, 0.25) is 0 Å². The van der Waals surface area contributed by atoms with Gasteiger partial charge in [-0.05, 0) is 30.9 Å². The van der Waals surface area contributed by atoms with Crippen molar-refractivity contribution in [3.63, 3.8) is 0 Å². The number of halogens is 2. The predicted octanol–water partition coefficient (Wildman–Crippen LogP) is 3.81. The van der Waals surface area contributed by atoms with Crippen LogP contribution in [0.3, 0.4) is 0 Å². The number of aromatic carboxylic acids is 1. The molecule has 0 spiro atoms. The zero-order valence-corrected chi connectivity index (χ0v) is 15.6. The molecule has 1 aliphatic heterocycles. The summed E-state index contributed by atoms with van der Waals surface area (Å²) in [6, 6.07) is 2.78. The van der Waals surface area contributed by atoms with Gasteiger partial charge in [-0.15, -0.1) is 5.54 Å². The van der Waals surface area contributed by atoms with Gasteiger partial charge in [-0.25, -0.2) is 18.6 Å². The number of anilines is 1. The molecule has 1 saturated carbocycles. The average molecular weight is 370 g/mol. The summed E-state index contributed by atoms with van der Waals surface area (Å²) in [7, 11) is 1.83. The number of hydrogen-bond acceptors (Lipinski definition) is 4. The van der Waals surface area contributed by atoms with Crippen molar-refractivity contribution in [2.45, 2.75) is 45.1 Å². The van der Waals surface area contributed by atoms with Crippen LogP contribution >= 0.6 is 0 Å². The number of rotatable bonds is 5. The molecule has 2 aliphatic rings. The minimum absolute atomic E-state index is 0.132. The zero-order valence-electron chi connectivity index (χ0n) is 15.6.